The van der Waals surface area contributed by atoms with E-state index >= 15 is 0 Å². The Morgan fingerprint density at radius 3 is 2.65 bits per heavy atom. The number of carbonyl (C=O) groups excluding carboxylic acids is 1. The lowest BCUT2D eigenvalue weighted by molar-refractivity contribution is -0.113. The number of nitrogens with zero attached hydrogens (tertiary/aromatic N) is 2. The smallest absolute Gasteiger partial charge is 0.247 e. The van der Waals surface area contributed by atoms with Gasteiger partial charge in [-0.05, 0) is 42.5 Å². The lowest BCUT2D eigenvalue weighted by Crippen LogP contribution is -2.15. The number of hydrogen-bond donors (Lipinski definition) is 1. The summed E-state index contributed by atoms with van der Waals surface area (Å²) in [6.07, 6.45) is 1.28. The highest BCUT2D eigenvalue weighted by atomic mass is 32.2. The highest BCUT2D eigenvalue weighted by Crippen LogP contribution is 2.34. The molecule has 2 heterocycles. The summed E-state index contributed by atoms with van der Waals surface area (Å²) >= 11 is 1.44. The lowest BCUT2D eigenvalue weighted by atomic mass is 10.2. The van der Waals surface area contributed by atoms with Crippen molar-refractivity contribution in [2.24, 2.45) is 0 Å². The fourth-order valence-electron chi connectivity index (χ4n) is 2.45. The molecule has 0 unspecified atom stereocenters. The molecule has 2 aromatic carbocycles. The summed E-state index contributed by atoms with van der Waals surface area (Å²) in [5.74, 6) is 2.11. The van der Waals surface area contributed by atoms with Crippen LogP contribution in [-0.2, 0) is 4.79 Å². The van der Waals surface area contributed by atoms with Crippen LogP contribution in [0, 0.1) is 0 Å². The van der Waals surface area contributed by atoms with Gasteiger partial charge in [-0.15, -0.1) is 22.0 Å². The summed E-state index contributed by atoms with van der Waals surface area (Å²) in [7, 11) is 0. The Labute approximate surface area is 153 Å². The zero-order valence-electron chi connectivity index (χ0n) is 13.7. The third-order valence-electron chi connectivity index (χ3n) is 3.66. The van der Waals surface area contributed by atoms with E-state index in [4.69, 9.17) is 13.9 Å². The molecule has 1 N–H and O–H groups in total. The van der Waals surface area contributed by atoms with E-state index in [-0.39, 0.29) is 5.91 Å². The number of fused-ring (bicyclic) bond motifs is 1. The van der Waals surface area contributed by atoms with Crippen LogP contribution in [-0.4, -0.2) is 35.1 Å². The first-order valence-corrected chi connectivity index (χ1v) is 8.95. The molecule has 0 saturated carbocycles. The summed E-state index contributed by atoms with van der Waals surface area (Å²) < 4.78 is 16.2. The van der Waals surface area contributed by atoms with Gasteiger partial charge in [0.05, 0.1) is 5.75 Å². The van der Waals surface area contributed by atoms with Crippen molar-refractivity contribution in [3.63, 3.8) is 0 Å². The molecule has 132 valence electrons. The molecular formula is C18H15N3O4S. The fraction of sp³-hybridized carbons (Fsp3) is 0.167. The maximum atomic E-state index is 12.2. The van der Waals surface area contributed by atoms with Crippen molar-refractivity contribution in [3.05, 3.63) is 48.9 Å². The van der Waals surface area contributed by atoms with Crippen LogP contribution in [0.4, 0.5) is 5.69 Å². The van der Waals surface area contributed by atoms with Gasteiger partial charge in [-0.3, -0.25) is 4.79 Å². The van der Waals surface area contributed by atoms with E-state index in [2.05, 4.69) is 15.5 Å². The van der Waals surface area contributed by atoms with E-state index < -0.39 is 0 Å². The molecule has 8 heteroatoms. The van der Waals surface area contributed by atoms with Gasteiger partial charge < -0.3 is 19.2 Å². The maximum absolute atomic E-state index is 12.2. The van der Waals surface area contributed by atoms with Crippen molar-refractivity contribution in [1.29, 1.82) is 0 Å². The number of ether oxygens (including phenoxy) is 2. The minimum Gasteiger partial charge on any atom is -0.486 e. The first kappa shape index (κ1) is 16.5. The molecule has 0 saturated heterocycles. The molecule has 0 radical (unpaired) electrons. The number of hydrogen-bond acceptors (Lipinski definition) is 7. The summed E-state index contributed by atoms with van der Waals surface area (Å²) in [5.41, 5.74) is 1.51. The predicted molar refractivity (Wildman–Crippen MR) is 96.5 cm³/mol. The molecule has 0 aliphatic carbocycles. The van der Waals surface area contributed by atoms with Crippen LogP contribution in [0.25, 0.3) is 11.5 Å². The van der Waals surface area contributed by atoms with Crippen molar-refractivity contribution in [2.75, 3.05) is 24.3 Å². The molecule has 1 aromatic heterocycles. The van der Waals surface area contributed by atoms with Gasteiger partial charge in [-0.2, -0.15) is 0 Å². The molecule has 0 bridgehead atoms. The number of carbonyl (C=O) groups is 1. The highest BCUT2D eigenvalue weighted by Gasteiger charge is 2.13. The van der Waals surface area contributed by atoms with Gasteiger partial charge in [-0.25, -0.2) is 0 Å². The third kappa shape index (κ3) is 3.80. The summed E-state index contributed by atoms with van der Waals surface area (Å²) in [6.45, 7) is 1.11. The van der Waals surface area contributed by atoms with Gasteiger partial charge in [0.2, 0.25) is 18.2 Å². The highest BCUT2D eigenvalue weighted by molar-refractivity contribution is 8.00. The van der Waals surface area contributed by atoms with Gasteiger partial charge in [0.1, 0.15) is 13.2 Å². The number of amides is 1. The molecule has 1 aliphatic rings. The molecule has 1 amide bonds. The monoisotopic (exact) mass is 369 g/mol. The van der Waals surface area contributed by atoms with E-state index in [1.165, 1.54) is 18.2 Å². The van der Waals surface area contributed by atoms with Crippen molar-refractivity contribution in [2.45, 2.75) is 4.90 Å². The second-order valence-corrected chi connectivity index (χ2v) is 6.51. The Bertz CT molecular complexity index is 897. The number of nitrogens with one attached hydrogen (secondary N) is 1. The molecule has 1 aliphatic heterocycles. The maximum Gasteiger partial charge on any atom is 0.247 e. The minimum absolute atomic E-state index is 0.0876. The third-order valence-corrected chi connectivity index (χ3v) is 4.65. The molecule has 0 spiro atoms. The topological polar surface area (TPSA) is 86.5 Å². The summed E-state index contributed by atoms with van der Waals surface area (Å²) in [6, 6.07) is 12.9. The van der Waals surface area contributed by atoms with Crippen LogP contribution in [0.15, 0.2) is 58.2 Å². The molecule has 7 nitrogen and oxygen atoms in total. The van der Waals surface area contributed by atoms with Crippen LogP contribution in [0.1, 0.15) is 0 Å². The molecular weight excluding hydrogens is 354 g/mol. The second kappa shape index (κ2) is 7.49. The number of aromatic nitrogens is 2. The average Bonchev–Trinajstić information content (AvgIpc) is 3.22. The van der Waals surface area contributed by atoms with E-state index in [0.717, 1.165) is 22.0 Å². The SMILES string of the molecule is O=C(CSc1ccc2c(c1)OCCO2)Nc1ccc(-c2nnco2)cc1. The van der Waals surface area contributed by atoms with E-state index in [1.807, 2.05) is 30.3 Å². The number of benzene rings is 2. The van der Waals surface area contributed by atoms with Crippen LogP contribution in [0.2, 0.25) is 0 Å². The normalized spacial score (nSPS) is 12.6. The van der Waals surface area contributed by atoms with Crippen LogP contribution < -0.4 is 14.8 Å². The van der Waals surface area contributed by atoms with Gasteiger partial charge in [0.15, 0.2) is 11.5 Å². The first-order valence-electron chi connectivity index (χ1n) is 7.97. The molecule has 4 rings (SSSR count). The second-order valence-electron chi connectivity index (χ2n) is 5.46. The van der Waals surface area contributed by atoms with E-state index in [1.54, 1.807) is 12.1 Å². The van der Waals surface area contributed by atoms with Crippen LogP contribution in [0.5, 0.6) is 11.5 Å². The molecule has 0 atom stereocenters. The van der Waals surface area contributed by atoms with Gasteiger partial charge in [-0.1, -0.05) is 0 Å². The zero-order chi connectivity index (χ0) is 17.8. The van der Waals surface area contributed by atoms with Gasteiger partial charge >= 0.3 is 0 Å². The van der Waals surface area contributed by atoms with Gasteiger partial charge in [0.25, 0.3) is 0 Å². The van der Waals surface area contributed by atoms with Gasteiger partial charge in [0, 0.05) is 16.1 Å². The van der Waals surface area contributed by atoms with Crippen LogP contribution in [0.3, 0.4) is 0 Å². The minimum atomic E-state index is -0.0876. The number of rotatable bonds is 5. The van der Waals surface area contributed by atoms with Crippen molar-refractivity contribution < 1.29 is 18.7 Å². The molecule has 3 aromatic rings. The quantitative estimate of drug-likeness (QED) is 0.691. The number of thioether (sulfide) groups is 1. The van der Waals surface area contributed by atoms with Crippen LogP contribution >= 0.6 is 11.8 Å². The Kier molecular flexibility index (Phi) is 4.74. The Morgan fingerprint density at radius 2 is 1.88 bits per heavy atom. The van der Waals surface area contributed by atoms with Crippen molar-refractivity contribution in [3.8, 4) is 23.0 Å². The Balaban J connectivity index is 1.32. The Hall–Kier alpha value is -3.00. The number of anilines is 1. The molecule has 0 fully saturated rings. The summed E-state index contributed by atoms with van der Waals surface area (Å²) in [5, 5.41) is 10.4. The standard InChI is InChI=1S/C18H15N3O4S/c22-17(10-26-14-5-6-15-16(9-14)24-8-7-23-15)20-13-3-1-12(2-4-13)18-21-19-11-25-18/h1-6,9,11H,7-8,10H2,(H,20,22). The predicted octanol–water partition coefficient (Wildman–Crippen LogP) is 3.24. The fourth-order valence-corrected chi connectivity index (χ4v) is 3.18. The van der Waals surface area contributed by atoms with Crippen molar-refractivity contribution >= 4 is 23.4 Å². The van der Waals surface area contributed by atoms with E-state index in [9.17, 15) is 4.79 Å². The largest absolute Gasteiger partial charge is 0.486 e. The van der Waals surface area contributed by atoms with E-state index in [0.29, 0.717) is 30.5 Å². The molecule has 26 heavy (non-hydrogen) atoms. The average molecular weight is 369 g/mol. The van der Waals surface area contributed by atoms with Crippen molar-refractivity contribution in [1.82, 2.24) is 10.2 Å². The Morgan fingerprint density at radius 1 is 1.08 bits per heavy atom. The summed E-state index contributed by atoms with van der Waals surface area (Å²) in [4.78, 5) is 13.1. The lowest BCUT2D eigenvalue weighted by Gasteiger charge is -2.18. The first-order chi connectivity index (χ1) is 12.8. The zero-order valence-corrected chi connectivity index (χ0v) is 14.5.